The molecule has 1 aliphatic heterocycles. The summed E-state index contributed by atoms with van der Waals surface area (Å²) in [6, 6.07) is 6.32. The smallest absolute Gasteiger partial charge is 0.354 e. The number of methoxy groups -OCH3 is 3. The molecule has 2 heterocycles. The lowest BCUT2D eigenvalue weighted by atomic mass is 10.0. The molecule has 0 saturated heterocycles. The molecule has 1 aromatic heterocycles. The highest BCUT2D eigenvalue weighted by atomic mass is 16.5. The third kappa shape index (κ3) is 3.58. The molecule has 0 saturated carbocycles. The molecular formula is C20H22N2O6. The summed E-state index contributed by atoms with van der Waals surface area (Å²) >= 11 is 0. The summed E-state index contributed by atoms with van der Waals surface area (Å²) in [5.74, 6) is 0.251. The van der Waals surface area contributed by atoms with Gasteiger partial charge >= 0.3 is 5.97 Å². The van der Waals surface area contributed by atoms with Gasteiger partial charge in [0.1, 0.15) is 11.4 Å². The van der Waals surface area contributed by atoms with Crippen molar-refractivity contribution < 1.29 is 28.9 Å². The Morgan fingerprint density at radius 3 is 2.32 bits per heavy atom. The number of rotatable bonds is 5. The van der Waals surface area contributed by atoms with E-state index in [4.69, 9.17) is 19.3 Å². The molecule has 1 aromatic carbocycles. The number of ether oxygens (including phenoxy) is 3. The van der Waals surface area contributed by atoms with Gasteiger partial charge in [0.2, 0.25) is 5.75 Å². The lowest BCUT2D eigenvalue weighted by Crippen LogP contribution is -2.34. The van der Waals surface area contributed by atoms with E-state index in [1.54, 1.807) is 26.2 Å². The van der Waals surface area contributed by atoms with Crippen LogP contribution in [-0.2, 0) is 12.8 Å². The number of amides is 1. The monoisotopic (exact) mass is 386 g/mol. The maximum atomic E-state index is 12.9. The average Bonchev–Trinajstić information content (AvgIpc) is 2.94. The van der Waals surface area contributed by atoms with Gasteiger partial charge in [-0.15, -0.1) is 0 Å². The number of aromatic carboxylic acids is 1. The van der Waals surface area contributed by atoms with Gasteiger partial charge in [-0.3, -0.25) is 4.79 Å². The standard InChI is InChI=1S/C20H22N2O6/c1-26-16-11-12-7-9-22(10-8-13(12)17(27-2)18(16)28-3)19(23)14-5-4-6-15(21-14)20(24)25/h4-6,11H,7-10H2,1-3H3,(H,24,25). The molecule has 0 radical (unpaired) electrons. The molecule has 0 fully saturated rings. The van der Waals surface area contributed by atoms with Crippen LogP contribution in [0.4, 0.5) is 0 Å². The van der Waals surface area contributed by atoms with Crippen LogP contribution in [0, 0.1) is 0 Å². The quantitative estimate of drug-likeness (QED) is 0.840. The van der Waals surface area contributed by atoms with Gasteiger partial charge < -0.3 is 24.2 Å². The highest BCUT2D eigenvalue weighted by Crippen LogP contribution is 2.43. The molecule has 8 nitrogen and oxygen atoms in total. The van der Waals surface area contributed by atoms with E-state index < -0.39 is 5.97 Å². The van der Waals surface area contributed by atoms with Crippen LogP contribution in [0.1, 0.15) is 32.1 Å². The first-order valence-electron chi connectivity index (χ1n) is 8.80. The molecule has 0 aliphatic carbocycles. The van der Waals surface area contributed by atoms with E-state index in [9.17, 15) is 9.59 Å². The van der Waals surface area contributed by atoms with Crippen LogP contribution in [0.5, 0.6) is 17.2 Å². The Hall–Kier alpha value is -3.29. The number of fused-ring (bicyclic) bond motifs is 1. The summed E-state index contributed by atoms with van der Waals surface area (Å²) in [5.41, 5.74) is 1.97. The zero-order chi connectivity index (χ0) is 20.3. The van der Waals surface area contributed by atoms with Crippen LogP contribution in [0.15, 0.2) is 24.3 Å². The Morgan fingerprint density at radius 1 is 1.00 bits per heavy atom. The predicted octanol–water partition coefficient (Wildman–Crippen LogP) is 2.05. The number of carbonyl (C=O) groups is 2. The molecule has 2 aromatic rings. The van der Waals surface area contributed by atoms with E-state index in [-0.39, 0.29) is 17.3 Å². The first kappa shape index (κ1) is 19.5. The van der Waals surface area contributed by atoms with E-state index >= 15 is 0 Å². The zero-order valence-electron chi connectivity index (χ0n) is 16.0. The molecule has 3 rings (SSSR count). The SMILES string of the molecule is COc1cc2c(c(OC)c1OC)CCN(C(=O)c1cccc(C(=O)O)n1)CC2. The first-order chi connectivity index (χ1) is 13.5. The van der Waals surface area contributed by atoms with Gasteiger partial charge in [-0.2, -0.15) is 0 Å². The number of carboxylic acid groups (broad SMARTS) is 1. The maximum Gasteiger partial charge on any atom is 0.354 e. The van der Waals surface area contributed by atoms with E-state index in [0.717, 1.165) is 11.1 Å². The van der Waals surface area contributed by atoms with Crippen molar-refractivity contribution >= 4 is 11.9 Å². The molecule has 1 N–H and O–H groups in total. The van der Waals surface area contributed by atoms with Crippen LogP contribution in [0.3, 0.4) is 0 Å². The summed E-state index contributed by atoms with van der Waals surface area (Å²) in [5, 5.41) is 9.10. The van der Waals surface area contributed by atoms with Crippen LogP contribution >= 0.6 is 0 Å². The summed E-state index contributed by atoms with van der Waals surface area (Å²) in [6.07, 6.45) is 1.18. The van der Waals surface area contributed by atoms with E-state index in [1.807, 2.05) is 6.07 Å². The number of hydrogen-bond donors (Lipinski definition) is 1. The fraction of sp³-hybridized carbons (Fsp3) is 0.350. The largest absolute Gasteiger partial charge is 0.493 e. The molecule has 28 heavy (non-hydrogen) atoms. The Kier molecular flexibility index (Phi) is 5.67. The highest BCUT2D eigenvalue weighted by molar-refractivity contribution is 5.94. The number of benzene rings is 1. The lowest BCUT2D eigenvalue weighted by molar-refractivity contribution is 0.0690. The van der Waals surface area contributed by atoms with Gasteiger partial charge in [-0.25, -0.2) is 9.78 Å². The van der Waals surface area contributed by atoms with Crippen molar-refractivity contribution in [2.45, 2.75) is 12.8 Å². The Balaban J connectivity index is 1.89. The van der Waals surface area contributed by atoms with Gasteiger partial charge in [-0.1, -0.05) is 6.07 Å². The number of aromatic nitrogens is 1. The average molecular weight is 386 g/mol. The van der Waals surface area contributed by atoms with Crippen molar-refractivity contribution in [1.82, 2.24) is 9.88 Å². The van der Waals surface area contributed by atoms with Crippen molar-refractivity contribution in [3.63, 3.8) is 0 Å². The number of nitrogens with zero attached hydrogens (tertiary/aromatic N) is 2. The van der Waals surface area contributed by atoms with Crippen molar-refractivity contribution in [3.05, 3.63) is 46.8 Å². The fourth-order valence-electron chi connectivity index (χ4n) is 3.42. The molecule has 0 spiro atoms. The minimum atomic E-state index is -1.16. The third-order valence-corrected chi connectivity index (χ3v) is 4.78. The van der Waals surface area contributed by atoms with Gasteiger partial charge in [0.05, 0.1) is 21.3 Å². The number of carboxylic acids is 1. The zero-order valence-corrected chi connectivity index (χ0v) is 16.0. The molecule has 8 heteroatoms. The second-order valence-electron chi connectivity index (χ2n) is 6.29. The molecule has 148 valence electrons. The van der Waals surface area contributed by atoms with E-state index in [0.29, 0.717) is 43.2 Å². The highest BCUT2D eigenvalue weighted by Gasteiger charge is 2.26. The number of hydrogen-bond acceptors (Lipinski definition) is 6. The van der Waals surface area contributed by atoms with Crippen LogP contribution < -0.4 is 14.2 Å². The minimum absolute atomic E-state index is 0.119. The van der Waals surface area contributed by atoms with Crippen LogP contribution in [-0.4, -0.2) is 61.3 Å². The van der Waals surface area contributed by atoms with Gasteiger partial charge in [0.25, 0.3) is 5.91 Å². The first-order valence-corrected chi connectivity index (χ1v) is 8.80. The number of carbonyl (C=O) groups excluding carboxylic acids is 1. The molecule has 1 aliphatic rings. The number of pyridine rings is 1. The molecule has 1 amide bonds. The van der Waals surface area contributed by atoms with Gasteiger partial charge in [0.15, 0.2) is 11.5 Å². The minimum Gasteiger partial charge on any atom is -0.493 e. The summed E-state index contributed by atoms with van der Waals surface area (Å²) < 4.78 is 16.4. The Morgan fingerprint density at radius 2 is 1.68 bits per heavy atom. The maximum absolute atomic E-state index is 12.9. The lowest BCUT2D eigenvalue weighted by Gasteiger charge is -2.20. The second kappa shape index (κ2) is 8.16. The topological polar surface area (TPSA) is 98.2 Å². The third-order valence-electron chi connectivity index (χ3n) is 4.78. The Bertz CT molecular complexity index is 912. The van der Waals surface area contributed by atoms with Crippen LogP contribution in [0.25, 0.3) is 0 Å². The summed E-state index contributed by atoms with van der Waals surface area (Å²) in [7, 11) is 4.70. The molecule has 0 bridgehead atoms. The van der Waals surface area contributed by atoms with Gasteiger partial charge in [-0.05, 0) is 36.6 Å². The van der Waals surface area contributed by atoms with Crippen LogP contribution in [0.2, 0.25) is 0 Å². The van der Waals surface area contributed by atoms with Crippen molar-refractivity contribution in [3.8, 4) is 17.2 Å². The van der Waals surface area contributed by atoms with Crippen molar-refractivity contribution in [1.29, 1.82) is 0 Å². The molecular weight excluding hydrogens is 364 g/mol. The van der Waals surface area contributed by atoms with Crippen molar-refractivity contribution in [2.75, 3.05) is 34.4 Å². The normalized spacial score (nSPS) is 13.3. The molecule has 0 unspecified atom stereocenters. The fourth-order valence-corrected chi connectivity index (χ4v) is 3.42. The summed E-state index contributed by atoms with van der Waals surface area (Å²) in [6.45, 7) is 0.931. The van der Waals surface area contributed by atoms with E-state index in [2.05, 4.69) is 4.98 Å². The Labute approximate surface area is 162 Å². The predicted molar refractivity (Wildman–Crippen MR) is 101 cm³/mol. The second-order valence-corrected chi connectivity index (χ2v) is 6.29. The van der Waals surface area contributed by atoms with E-state index in [1.165, 1.54) is 18.2 Å². The molecule has 0 atom stereocenters. The summed E-state index contributed by atoms with van der Waals surface area (Å²) in [4.78, 5) is 29.6. The van der Waals surface area contributed by atoms with Crippen molar-refractivity contribution in [2.24, 2.45) is 0 Å². The van der Waals surface area contributed by atoms with Gasteiger partial charge in [0, 0.05) is 18.7 Å².